The van der Waals surface area contributed by atoms with Crippen LogP contribution in [0.25, 0.3) is 0 Å². The summed E-state index contributed by atoms with van der Waals surface area (Å²) in [5.41, 5.74) is 1.52. The summed E-state index contributed by atoms with van der Waals surface area (Å²) in [6, 6.07) is 8.18. The zero-order chi connectivity index (χ0) is 20.7. The molecule has 0 amide bonds. The number of hydrogen-bond donors (Lipinski definition) is 2. The second kappa shape index (κ2) is 10.0. The maximum Gasteiger partial charge on any atom is 0.434 e. The third-order valence-electron chi connectivity index (χ3n) is 4.54. The lowest BCUT2D eigenvalue weighted by atomic mass is 10.1. The molecule has 6 nitrogen and oxygen atoms in total. The number of benzene rings is 1. The maximum absolute atomic E-state index is 12.7. The van der Waals surface area contributed by atoms with E-state index < -0.39 is 11.9 Å². The largest absolute Gasteiger partial charge is 0.434 e. The van der Waals surface area contributed by atoms with Crippen LogP contribution >= 0.6 is 11.3 Å². The Hall–Kier alpha value is -2.17. The smallest absolute Gasteiger partial charge is 0.379 e. The van der Waals surface area contributed by atoms with Crippen molar-refractivity contribution in [3.05, 3.63) is 51.5 Å². The first-order valence-corrected chi connectivity index (χ1v) is 10.2. The van der Waals surface area contributed by atoms with Crippen LogP contribution in [-0.2, 0) is 30.5 Å². The van der Waals surface area contributed by atoms with Crippen LogP contribution in [0.4, 0.5) is 13.2 Å². The molecule has 1 aliphatic heterocycles. The highest BCUT2D eigenvalue weighted by Crippen LogP contribution is 2.29. The summed E-state index contributed by atoms with van der Waals surface area (Å²) in [5, 5.41) is 7.61. The molecule has 29 heavy (non-hydrogen) atoms. The van der Waals surface area contributed by atoms with Crippen LogP contribution in [0.2, 0.25) is 0 Å². The second-order valence-corrected chi connectivity index (χ2v) is 7.50. The lowest BCUT2D eigenvalue weighted by molar-refractivity contribution is -0.140. The third kappa shape index (κ3) is 6.41. The van der Waals surface area contributed by atoms with Crippen molar-refractivity contribution in [3.8, 4) is 0 Å². The van der Waals surface area contributed by atoms with Crippen LogP contribution in [0.15, 0.2) is 34.6 Å². The van der Waals surface area contributed by atoms with E-state index in [-0.39, 0.29) is 6.54 Å². The van der Waals surface area contributed by atoms with Crippen molar-refractivity contribution in [1.29, 1.82) is 0 Å². The first-order valence-electron chi connectivity index (χ1n) is 9.28. The number of nitrogens with zero attached hydrogens (tertiary/aromatic N) is 3. The molecule has 3 rings (SSSR count). The van der Waals surface area contributed by atoms with E-state index in [1.165, 1.54) is 5.56 Å². The van der Waals surface area contributed by atoms with E-state index in [1.807, 2.05) is 12.1 Å². The summed E-state index contributed by atoms with van der Waals surface area (Å²) in [7, 11) is 1.62. The van der Waals surface area contributed by atoms with Gasteiger partial charge in [0.25, 0.3) is 0 Å². The van der Waals surface area contributed by atoms with Gasteiger partial charge in [-0.2, -0.15) is 13.2 Å². The van der Waals surface area contributed by atoms with E-state index in [9.17, 15) is 13.2 Å². The molecule has 158 valence electrons. The number of aromatic nitrogens is 1. The summed E-state index contributed by atoms with van der Waals surface area (Å²) < 4.78 is 43.4. The van der Waals surface area contributed by atoms with Gasteiger partial charge in [0.15, 0.2) is 11.7 Å². The van der Waals surface area contributed by atoms with Crippen LogP contribution in [0.1, 0.15) is 21.8 Å². The normalized spacial score (nSPS) is 16.1. The lowest BCUT2D eigenvalue weighted by Crippen LogP contribution is -2.37. The maximum atomic E-state index is 12.7. The molecule has 1 aromatic carbocycles. The van der Waals surface area contributed by atoms with Gasteiger partial charge in [-0.15, -0.1) is 11.3 Å². The fraction of sp³-hybridized carbons (Fsp3) is 0.474. The van der Waals surface area contributed by atoms with Crippen molar-refractivity contribution in [1.82, 2.24) is 20.5 Å². The first-order chi connectivity index (χ1) is 14.0. The summed E-state index contributed by atoms with van der Waals surface area (Å²) in [6.45, 7) is 4.93. The number of rotatable bonds is 6. The van der Waals surface area contributed by atoms with Crippen molar-refractivity contribution in [2.45, 2.75) is 25.8 Å². The van der Waals surface area contributed by atoms with Gasteiger partial charge in [-0.1, -0.05) is 24.3 Å². The van der Waals surface area contributed by atoms with E-state index in [4.69, 9.17) is 4.74 Å². The number of guanidine groups is 1. The fourth-order valence-corrected chi connectivity index (χ4v) is 3.71. The van der Waals surface area contributed by atoms with Crippen LogP contribution < -0.4 is 10.6 Å². The van der Waals surface area contributed by atoms with Crippen LogP contribution in [0.3, 0.4) is 0 Å². The van der Waals surface area contributed by atoms with Gasteiger partial charge in [-0.25, -0.2) is 4.98 Å². The number of nitrogens with one attached hydrogen (secondary N) is 2. The summed E-state index contributed by atoms with van der Waals surface area (Å²) in [5.74, 6) is 0.509. The van der Waals surface area contributed by atoms with Crippen molar-refractivity contribution in [2.75, 3.05) is 33.4 Å². The molecule has 0 aliphatic carbocycles. The highest BCUT2D eigenvalue weighted by atomic mass is 32.1. The lowest BCUT2D eigenvalue weighted by Gasteiger charge is -2.27. The van der Waals surface area contributed by atoms with Crippen LogP contribution in [0, 0.1) is 0 Å². The average molecular weight is 427 g/mol. The van der Waals surface area contributed by atoms with Crippen molar-refractivity contribution < 1.29 is 17.9 Å². The second-order valence-electron chi connectivity index (χ2n) is 6.56. The van der Waals surface area contributed by atoms with Gasteiger partial charge in [0, 0.05) is 38.6 Å². The molecule has 2 heterocycles. The van der Waals surface area contributed by atoms with E-state index in [2.05, 4.69) is 37.6 Å². The topological polar surface area (TPSA) is 61.8 Å². The molecule has 1 aromatic heterocycles. The molecule has 0 radical (unpaired) electrons. The zero-order valence-electron chi connectivity index (χ0n) is 16.1. The number of morpholine rings is 1. The predicted octanol–water partition coefficient (Wildman–Crippen LogP) is 2.86. The number of ether oxygens (including phenoxy) is 1. The number of aliphatic imine (C=N–C) groups is 1. The number of hydrogen-bond acceptors (Lipinski definition) is 5. The van der Waals surface area contributed by atoms with Crippen LogP contribution in [-0.4, -0.2) is 49.2 Å². The highest BCUT2D eigenvalue weighted by Gasteiger charge is 2.33. The Bertz CT molecular complexity index is 818. The van der Waals surface area contributed by atoms with Crippen molar-refractivity contribution in [2.24, 2.45) is 4.99 Å². The Morgan fingerprint density at radius 3 is 2.52 bits per heavy atom. The quantitative estimate of drug-likeness (QED) is 0.548. The van der Waals surface area contributed by atoms with Gasteiger partial charge in [0.05, 0.1) is 19.8 Å². The van der Waals surface area contributed by atoms with Crippen molar-refractivity contribution in [3.63, 3.8) is 0 Å². The predicted molar refractivity (Wildman–Crippen MR) is 107 cm³/mol. The van der Waals surface area contributed by atoms with Gasteiger partial charge in [-0.3, -0.25) is 9.89 Å². The Kier molecular flexibility index (Phi) is 7.45. The molecule has 0 bridgehead atoms. The van der Waals surface area contributed by atoms with E-state index in [0.717, 1.165) is 55.1 Å². The average Bonchev–Trinajstić information content (AvgIpc) is 3.20. The van der Waals surface area contributed by atoms with Crippen molar-refractivity contribution >= 4 is 17.3 Å². The molecule has 0 spiro atoms. The van der Waals surface area contributed by atoms with Gasteiger partial charge in [0.2, 0.25) is 0 Å². The molecule has 0 atom stereocenters. The molecule has 1 aliphatic rings. The Balaban J connectivity index is 1.53. The fourth-order valence-electron chi connectivity index (χ4n) is 2.97. The zero-order valence-corrected chi connectivity index (χ0v) is 16.9. The Morgan fingerprint density at radius 2 is 1.86 bits per heavy atom. The molecular weight excluding hydrogens is 403 g/mol. The summed E-state index contributed by atoms with van der Waals surface area (Å²) in [4.78, 5) is 10.1. The molecule has 1 fully saturated rings. The van der Waals surface area contributed by atoms with Gasteiger partial charge in [-0.05, 0) is 11.1 Å². The molecule has 0 unspecified atom stereocenters. The van der Waals surface area contributed by atoms with E-state index >= 15 is 0 Å². The van der Waals surface area contributed by atoms with E-state index in [1.54, 1.807) is 7.05 Å². The van der Waals surface area contributed by atoms with Gasteiger partial charge >= 0.3 is 6.18 Å². The summed E-state index contributed by atoms with van der Waals surface area (Å²) >= 11 is 0.973. The van der Waals surface area contributed by atoms with Gasteiger partial charge < -0.3 is 15.4 Å². The number of thiazole rings is 1. The minimum absolute atomic E-state index is 0.176. The highest BCUT2D eigenvalue weighted by molar-refractivity contribution is 7.09. The van der Waals surface area contributed by atoms with E-state index in [0.29, 0.717) is 17.5 Å². The third-order valence-corrected chi connectivity index (χ3v) is 5.38. The molecule has 0 saturated carbocycles. The Labute approximate surface area is 171 Å². The number of alkyl halides is 3. The first kappa shape index (κ1) is 21.5. The molecular formula is C19H24F3N5OS. The SMILES string of the molecule is CN=C(NCc1nc(C(F)(F)F)cs1)NCc1ccccc1CN1CCOCC1. The molecule has 2 N–H and O–H groups in total. The Morgan fingerprint density at radius 1 is 1.17 bits per heavy atom. The standard InChI is InChI=1S/C19H24F3N5OS/c1-23-18(25-11-17-26-16(13-29-17)19(20,21)22)24-10-14-4-2-3-5-15(14)12-27-6-8-28-9-7-27/h2-5,13H,6-12H2,1H3,(H2,23,24,25). The molecule has 10 heteroatoms. The minimum Gasteiger partial charge on any atom is -0.379 e. The monoisotopic (exact) mass is 427 g/mol. The number of halogens is 3. The summed E-state index contributed by atoms with van der Waals surface area (Å²) in [6.07, 6.45) is -4.42. The van der Waals surface area contributed by atoms with Gasteiger partial charge in [0.1, 0.15) is 5.01 Å². The molecule has 2 aromatic rings. The molecule has 1 saturated heterocycles. The minimum atomic E-state index is -4.42. The van der Waals surface area contributed by atoms with Crippen LogP contribution in [0.5, 0.6) is 0 Å².